The molecule has 67 heavy (non-hydrogen) atoms. The van der Waals surface area contributed by atoms with E-state index in [0.717, 1.165) is 34.0 Å². The summed E-state index contributed by atoms with van der Waals surface area (Å²) in [5.74, 6) is 0. The number of benzene rings is 5. The molecule has 2 aromatic heterocycles. The third kappa shape index (κ3) is 9.46. The van der Waals surface area contributed by atoms with Crippen LogP contribution in [0.3, 0.4) is 0 Å². The highest BCUT2D eigenvalue weighted by Gasteiger charge is 2.49. The first-order valence-electron chi connectivity index (χ1n) is 20.2. The molecule has 0 aliphatic rings. The Labute approximate surface area is 377 Å². The highest BCUT2D eigenvalue weighted by molar-refractivity contribution is 7.22. The van der Waals surface area contributed by atoms with Crippen LogP contribution >= 0.6 is 11.3 Å². The lowest BCUT2D eigenvalue weighted by molar-refractivity contribution is -0.211. The number of nitrogens with zero attached hydrogens (tertiary/aromatic N) is 2. The monoisotopic (exact) mass is 970 g/mol. The topological polar surface area (TPSA) is 25.8 Å². The van der Waals surface area contributed by atoms with Crippen LogP contribution in [0.5, 0.6) is 0 Å². The second-order valence-electron chi connectivity index (χ2n) is 18.1. The van der Waals surface area contributed by atoms with Gasteiger partial charge < -0.3 is 0 Å². The van der Waals surface area contributed by atoms with Gasteiger partial charge in [0.15, 0.2) is 0 Å². The van der Waals surface area contributed by atoms with E-state index in [1.807, 2.05) is 36.4 Å². The summed E-state index contributed by atoms with van der Waals surface area (Å²) >= 11 is 1.17. The number of aromatic nitrogens is 2. The molecule has 354 valence electrons. The van der Waals surface area contributed by atoms with Gasteiger partial charge in [-0.1, -0.05) is 71.0 Å². The van der Waals surface area contributed by atoms with E-state index < -0.39 is 92.8 Å². The molecule has 0 spiro atoms. The molecule has 7 rings (SSSR count). The van der Waals surface area contributed by atoms with Crippen molar-refractivity contribution >= 4 is 32.3 Å². The highest BCUT2D eigenvalue weighted by atomic mass is 32.1. The maximum absolute atomic E-state index is 15.1. The standard InChI is InChI=1S/C49H37F15N2S/c1-23-14-27(15-24(2)37(23)42-66-36-12-13-65-40(41(36)67-42)29-18-26-10-8-9-11-30(26)31(21-29)43(3,4)5)38-34(47(56,57)58)19-28(20-35(38)48(59,60)61)39-32(45(50,51)52)16-25(17-33(39)46(53,54)55)22-44(6,7)49(62,63)64/h8-21H,22H2,1-7H3. The molecule has 0 saturated heterocycles. The fourth-order valence-electron chi connectivity index (χ4n) is 8.40. The van der Waals surface area contributed by atoms with E-state index in [1.54, 1.807) is 12.3 Å². The number of thiazole rings is 1. The predicted octanol–water partition coefficient (Wildman–Crippen LogP) is 17.6. The van der Waals surface area contributed by atoms with Crippen LogP contribution in [0.2, 0.25) is 0 Å². The molecule has 5 aromatic carbocycles. The molecule has 2 heterocycles. The molecule has 0 aliphatic carbocycles. The van der Waals surface area contributed by atoms with E-state index in [0.29, 0.717) is 40.3 Å². The molecule has 0 radical (unpaired) electrons. The molecule has 0 fully saturated rings. The van der Waals surface area contributed by atoms with Crippen molar-refractivity contribution in [3.05, 3.63) is 130 Å². The number of fused-ring (bicyclic) bond motifs is 2. The summed E-state index contributed by atoms with van der Waals surface area (Å²) in [6, 6.07) is 14.7. The minimum absolute atomic E-state index is 0.121. The van der Waals surface area contributed by atoms with Crippen LogP contribution in [0.15, 0.2) is 85.1 Å². The largest absolute Gasteiger partial charge is 0.417 e. The predicted molar refractivity (Wildman–Crippen MR) is 228 cm³/mol. The zero-order valence-electron chi connectivity index (χ0n) is 36.3. The lowest BCUT2D eigenvalue weighted by Gasteiger charge is -2.29. The van der Waals surface area contributed by atoms with Crippen LogP contribution in [0, 0.1) is 19.3 Å². The smallest absolute Gasteiger partial charge is 0.255 e. The molecule has 0 atom stereocenters. The van der Waals surface area contributed by atoms with E-state index in [-0.39, 0.29) is 40.8 Å². The van der Waals surface area contributed by atoms with Crippen molar-refractivity contribution in [2.75, 3.05) is 0 Å². The summed E-state index contributed by atoms with van der Waals surface area (Å²) < 4.78 is 221. The van der Waals surface area contributed by atoms with Crippen molar-refractivity contribution in [2.24, 2.45) is 5.41 Å². The van der Waals surface area contributed by atoms with E-state index >= 15 is 26.3 Å². The Bertz CT molecular complexity index is 2970. The number of pyridine rings is 1. The van der Waals surface area contributed by atoms with Crippen LogP contribution in [-0.4, -0.2) is 16.1 Å². The zero-order valence-corrected chi connectivity index (χ0v) is 37.1. The van der Waals surface area contributed by atoms with Crippen molar-refractivity contribution in [1.82, 2.24) is 9.97 Å². The Balaban J connectivity index is 1.43. The summed E-state index contributed by atoms with van der Waals surface area (Å²) in [5, 5.41) is 2.31. The Kier molecular flexibility index (Phi) is 12.0. The number of aryl methyl sites for hydroxylation is 2. The molecule has 0 unspecified atom stereocenters. The number of hydrogen-bond donors (Lipinski definition) is 0. The number of rotatable bonds is 6. The van der Waals surface area contributed by atoms with Crippen molar-refractivity contribution in [3.63, 3.8) is 0 Å². The van der Waals surface area contributed by atoms with E-state index in [4.69, 9.17) is 4.98 Å². The maximum atomic E-state index is 15.1. The van der Waals surface area contributed by atoms with Crippen molar-refractivity contribution in [2.45, 2.75) is 91.2 Å². The second-order valence-corrected chi connectivity index (χ2v) is 19.1. The Morgan fingerprint density at radius 1 is 0.507 bits per heavy atom. The summed E-state index contributed by atoms with van der Waals surface area (Å²) in [6.07, 6.45) is -28.5. The van der Waals surface area contributed by atoms with Crippen LogP contribution in [0.1, 0.15) is 79.1 Å². The molecule has 2 nitrogen and oxygen atoms in total. The van der Waals surface area contributed by atoms with Crippen molar-refractivity contribution in [3.8, 4) is 44.1 Å². The molecule has 0 bridgehead atoms. The molecule has 18 heteroatoms. The average molecular weight is 971 g/mol. The van der Waals surface area contributed by atoms with Gasteiger partial charge >= 0.3 is 30.9 Å². The molecule has 7 aromatic rings. The van der Waals surface area contributed by atoms with Crippen LogP contribution < -0.4 is 0 Å². The van der Waals surface area contributed by atoms with Gasteiger partial charge in [0.1, 0.15) is 5.01 Å². The van der Waals surface area contributed by atoms with E-state index in [9.17, 15) is 39.5 Å². The first kappa shape index (κ1) is 49.3. The third-order valence-corrected chi connectivity index (χ3v) is 12.6. The zero-order chi connectivity index (χ0) is 49.8. The van der Waals surface area contributed by atoms with Crippen molar-refractivity contribution in [1.29, 1.82) is 0 Å². The SMILES string of the molecule is Cc1cc(-c2c(C(F)(F)F)cc(-c3c(C(F)(F)F)cc(CC(C)(C)C(F)(F)F)cc3C(F)(F)F)cc2C(F)(F)F)cc(C)c1-c1nc2ccnc(-c3cc(C(C)(C)C)c4ccccc4c3)c2s1. The van der Waals surface area contributed by atoms with Gasteiger partial charge in [0.25, 0.3) is 0 Å². The van der Waals surface area contributed by atoms with Gasteiger partial charge in [0, 0.05) is 28.5 Å². The van der Waals surface area contributed by atoms with Crippen LogP contribution in [0.25, 0.3) is 65.1 Å². The third-order valence-electron chi connectivity index (χ3n) is 11.5. The highest BCUT2D eigenvalue weighted by Crippen LogP contribution is 2.53. The maximum Gasteiger partial charge on any atom is 0.417 e. The van der Waals surface area contributed by atoms with Gasteiger partial charge in [0.05, 0.1) is 43.6 Å². The van der Waals surface area contributed by atoms with Gasteiger partial charge in [-0.2, -0.15) is 65.9 Å². The van der Waals surface area contributed by atoms with Gasteiger partial charge in [-0.25, -0.2) is 4.98 Å². The molecule has 0 N–H and O–H groups in total. The van der Waals surface area contributed by atoms with Crippen LogP contribution in [-0.2, 0) is 36.5 Å². The second kappa shape index (κ2) is 16.3. The Morgan fingerprint density at radius 3 is 1.45 bits per heavy atom. The van der Waals surface area contributed by atoms with E-state index in [2.05, 4.69) is 25.8 Å². The lowest BCUT2D eigenvalue weighted by Crippen LogP contribution is -2.34. The summed E-state index contributed by atoms with van der Waals surface area (Å²) in [5.41, 5.74) is -16.3. The Hall–Kier alpha value is -5.65. The summed E-state index contributed by atoms with van der Waals surface area (Å²) in [4.78, 5) is 9.42. The van der Waals surface area contributed by atoms with E-state index in [1.165, 1.54) is 25.2 Å². The molecule has 0 amide bonds. The van der Waals surface area contributed by atoms with Gasteiger partial charge in [-0.15, -0.1) is 11.3 Å². The fourth-order valence-corrected chi connectivity index (χ4v) is 9.65. The van der Waals surface area contributed by atoms with Crippen molar-refractivity contribution < 1.29 is 65.9 Å². The minimum Gasteiger partial charge on any atom is -0.255 e. The minimum atomic E-state index is -5.91. The number of alkyl halides is 15. The Morgan fingerprint density at radius 2 is 0.970 bits per heavy atom. The fraction of sp³-hybridized carbons (Fsp3) is 0.306. The molecule has 0 saturated carbocycles. The quantitative estimate of drug-likeness (QED) is 0.155. The normalized spacial score (nSPS) is 13.6. The summed E-state index contributed by atoms with van der Waals surface area (Å²) in [6.45, 7) is 10.0. The lowest BCUT2D eigenvalue weighted by atomic mass is 9.81. The van der Waals surface area contributed by atoms with Gasteiger partial charge in [0.2, 0.25) is 0 Å². The molecule has 0 aliphatic heterocycles. The molecular weight excluding hydrogens is 934 g/mol. The van der Waals surface area contributed by atoms with Gasteiger partial charge in [-0.3, -0.25) is 4.98 Å². The number of halogens is 15. The first-order chi connectivity index (χ1) is 30.6. The number of hydrogen-bond acceptors (Lipinski definition) is 3. The van der Waals surface area contributed by atoms with Gasteiger partial charge in [-0.05, 0) is 112 Å². The molecular formula is C49H37F15N2S. The van der Waals surface area contributed by atoms with Crippen LogP contribution in [0.4, 0.5) is 65.9 Å². The summed E-state index contributed by atoms with van der Waals surface area (Å²) in [7, 11) is 0. The average Bonchev–Trinajstić information content (AvgIpc) is 3.61. The first-order valence-corrected chi connectivity index (χ1v) is 21.0.